The van der Waals surface area contributed by atoms with Crippen LogP contribution in [0.1, 0.15) is 21.5 Å². The van der Waals surface area contributed by atoms with Crippen LogP contribution in [0, 0.1) is 17.0 Å². The lowest BCUT2D eigenvalue weighted by Crippen LogP contribution is -2.23. The van der Waals surface area contributed by atoms with Crippen molar-refractivity contribution in [2.24, 2.45) is 0 Å². The highest BCUT2D eigenvalue weighted by Crippen LogP contribution is 2.23. The molecule has 0 heterocycles. The number of benzene rings is 2. The molecule has 108 valence electrons. The number of nitro benzene ring substituents is 1. The summed E-state index contributed by atoms with van der Waals surface area (Å²) in [6.07, 6.45) is 0. The van der Waals surface area contributed by atoms with Gasteiger partial charge in [-0.2, -0.15) is 0 Å². The topological polar surface area (TPSA) is 92.5 Å². The second kappa shape index (κ2) is 6.04. The minimum Gasteiger partial charge on any atom is -0.508 e. The second-order valence-electron chi connectivity index (χ2n) is 4.63. The van der Waals surface area contributed by atoms with Crippen LogP contribution < -0.4 is 5.32 Å². The molecule has 0 bridgehead atoms. The molecule has 0 fully saturated rings. The number of aromatic hydroxyl groups is 1. The quantitative estimate of drug-likeness (QED) is 0.667. The van der Waals surface area contributed by atoms with E-state index in [9.17, 15) is 20.0 Å². The molecule has 2 aromatic carbocycles. The number of phenolic OH excluding ortho intramolecular Hbond substituents is 1. The van der Waals surface area contributed by atoms with E-state index in [4.69, 9.17) is 0 Å². The fourth-order valence-corrected chi connectivity index (χ4v) is 1.85. The van der Waals surface area contributed by atoms with E-state index in [-0.39, 0.29) is 23.5 Å². The van der Waals surface area contributed by atoms with E-state index in [2.05, 4.69) is 5.32 Å². The summed E-state index contributed by atoms with van der Waals surface area (Å²) < 4.78 is 0. The second-order valence-corrected chi connectivity index (χ2v) is 4.63. The monoisotopic (exact) mass is 286 g/mol. The lowest BCUT2D eigenvalue weighted by atomic mass is 10.1. The van der Waals surface area contributed by atoms with Crippen LogP contribution in [-0.4, -0.2) is 15.9 Å². The van der Waals surface area contributed by atoms with Gasteiger partial charge in [-0.15, -0.1) is 0 Å². The zero-order chi connectivity index (χ0) is 15.4. The van der Waals surface area contributed by atoms with Crippen molar-refractivity contribution in [1.29, 1.82) is 0 Å². The smallest absolute Gasteiger partial charge is 0.282 e. The average molecular weight is 286 g/mol. The molecule has 2 N–H and O–H groups in total. The molecule has 0 aliphatic carbocycles. The van der Waals surface area contributed by atoms with Crippen molar-refractivity contribution in [3.05, 3.63) is 69.3 Å². The minimum absolute atomic E-state index is 0.160. The summed E-state index contributed by atoms with van der Waals surface area (Å²) in [5.74, 6) is -0.792. The molecule has 2 aromatic rings. The molecule has 6 heteroatoms. The third-order valence-corrected chi connectivity index (χ3v) is 3.00. The van der Waals surface area contributed by atoms with Crippen LogP contribution >= 0.6 is 0 Å². The Morgan fingerprint density at radius 1 is 1.24 bits per heavy atom. The van der Waals surface area contributed by atoms with Gasteiger partial charge in [0.15, 0.2) is 0 Å². The summed E-state index contributed by atoms with van der Waals surface area (Å²) in [6, 6.07) is 10.9. The SMILES string of the molecule is Cc1ccc(CNC(=O)c2cc(O)ccc2[N+](=O)[O-])cc1. The highest BCUT2D eigenvalue weighted by molar-refractivity contribution is 5.98. The van der Waals surface area contributed by atoms with Crippen molar-refractivity contribution in [3.8, 4) is 5.75 Å². The molecule has 1 amide bonds. The fraction of sp³-hybridized carbons (Fsp3) is 0.133. The molecule has 0 saturated carbocycles. The first-order valence-electron chi connectivity index (χ1n) is 6.28. The van der Waals surface area contributed by atoms with E-state index in [1.807, 2.05) is 31.2 Å². The van der Waals surface area contributed by atoms with Crippen molar-refractivity contribution in [2.45, 2.75) is 13.5 Å². The van der Waals surface area contributed by atoms with E-state index in [1.165, 1.54) is 6.07 Å². The van der Waals surface area contributed by atoms with Crippen LogP contribution in [-0.2, 0) is 6.54 Å². The number of nitrogens with zero attached hydrogens (tertiary/aromatic N) is 1. The molecule has 0 saturated heterocycles. The van der Waals surface area contributed by atoms with Gasteiger partial charge in [-0.3, -0.25) is 14.9 Å². The van der Waals surface area contributed by atoms with Gasteiger partial charge in [-0.05, 0) is 24.6 Å². The number of hydrogen-bond acceptors (Lipinski definition) is 4. The van der Waals surface area contributed by atoms with Crippen LogP contribution in [0.25, 0.3) is 0 Å². The Bertz CT molecular complexity index is 681. The van der Waals surface area contributed by atoms with E-state index >= 15 is 0 Å². The standard InChI is InChI=1S/C15H14N2O4/c1-10-2-4-11(5-3-10)9-16-15(19)13-8-12(18)6-7-14(13)17(20)21/h2-8,18H,9H2,1H3,(H,16,19). The molecule has 21 heavy (non-hydrogen) atoms. The van der Waals surface area contributed by atoms with Gasteiger partial charge in [-0.25, -0.2) is 0 Å². The first-order chi connectivity index (χ1) is 9.97. The number of carbonyl (C=O) groups is 1. The summed E-state index contributed by atoms with van der Waals surface area (Å²) in [5, 5.41) is 22.9. The normalized spacial score (nSPS) is 10.1. The summed E-state index contributed by atoms with van der Waals surface area (Å²) in [6.45, 7) is 2.21. The van der Waals surface area contributed by atoms with Crippen molar-refractivity contribution < 1.29 is 14.8 Å². The first kappa shape index (κ1) is 14.5. The van der Waals surface area contributed by atoms with Crippen molar-refractivity contribution in [3.63, 3.8) is 0 Å². The van der Waals surface area contributed by atoms with Gasteiger partial charge in [0, 0.05) is 12.6 Å². The summed E-state index contributed by atoms with van der Waals surface area (Å²) in [5.41, 5.74) is 1.49. The predicted octanol–water partition coefficient (Wildman–Crippen LogP) is 2.54. The summed E-state index contributed by atoms with van der Waals surface area (Å²) in [7, 11) is 0. The lowest BCUT2D eigenvalue weighted by molar-refractivity contribution is -0.385. The third kappa shape index (κ3) is 3.56. The molecular formula is C15H14N2O4. The van der Waals surface area contributed by atoms with Gasteiger partial charge >= 0.3 is 0 Å². The van der Waals surface area contributed by atoms with E-state index in [0.717, 1.165) is 23.3 Å². The zero-order valence-corrected chi connectivity index (χ0v) is 11.4. The van der Waals surface area contributed by atoms with Crippen LogP contribution in [0.5, 0.6) is 5.75 Å². The highest BCUT2D eigenvalue weighted by Gasteiger charge is 2.20. The van der Waals surface area contributed by atoms with Crippen LogP contribution in [0.4, 0.5) is 5.69 Å². The van der Waals surface area contributed by atoms with Crippen LogP contribution in [0.15, 0.2) is 42.5 Å². The van der Waals surface area contributed by atoms with Crippen molar-refractivity contribution in [1.82, 2.24) is 5.32 Å². The Labute approximate surface area is 121 Å². The summed E-state index contributed by atoms with van der Waals surface area (Å²) in [4.78, 5) is 22.3. The molecule has 0 aliphatic rings. The van der Waals surface area contributed by atoms with E-state index < -0.39 is 10.8 Å². The Morgan fingerprint density at radius 2 is 1.90 bits per heavy atom. The van der Waals surface area contributed by atoms with Crippen LogP contribution in [0.3, 0.4) is 0 Å². The average Bonchev–Trinajstić information content (AvgIpc) is 2.46. The van der Waals surface area contributed by atoms with Gasteiger partial charge < -0.3 is 10.4 Å². The fourth-order valence-electron chi connectivity index (χ4n) is 1.85. The van der Waals surface area contributed by atoms with Crippen LogP contribution in [0.2, 0.25) is 0 Å². The molecule has 0 unspecified atom stereocenters. The summed E-state index contributed by atoms with van der Waals surface area (Å²) >= 11 is 0. The maximum Gasteiger partial charge on any atom is 0.282 e. The van der Waals surface area contributed by atoms with Gasteiger partial charge in [0.2, 0.25) is 0 Å². The largest absolute Gasteiger partial charge is 0.508 e. The number of nitro groups is 1. The van der Waals surface area contributed by atoms with Gasteiger partial charge in [0.05, 0.1) is 4.92 Å². The molecule has 0 atom stereocenters. The predicted molar refractivity (Wildman–Crippen MR) is 77.1 cm³/mol. The van der Waals surface area contributed by atoms with Gasteiger partial charge in [0.1, 0.15) is 11.3 Å². The number of aryl methyl sites for hydroxylation is 1. The molecule has 6 nitrogen and oxygen atoms in total. The number of rotatable bonds is 4. The molecule has 0 aromatic heterocycles. The molecular weight excluding hydrogens is 272 g/mol. The first-order valence-corrected chi connectivity index (χ1v) is 6.28. The Kier molecular flexibility index (Phi) is 4.18. The number of phenols is 1. The van der Waals surface area contributed by atoms with Crippen molar-refractivity contribution >= 4 is 11.6 Å². The highest BCUT2D eigenvalue weighted by atomic mass is 16.6. The number of carbonyl (C=O) groups excluding carboxylic acids is 1. The molecule has 0 aliphatic heterocycles. The number of nitrogens with one attached hydrogen (secondary N) is 1. The molecule has 0 radical (unpaired) electrons. The number of hydrogen-bond donors (Lipinski definition) is 2. The zero-order valence-electron chi connectivity index (χ0n) is 11.4. The lowest BCUT2D eigenvalue weighted by Gasteiger charge is -2.07. The maximum atomic E-state index is 12.0. The Balaban J connectivity index is 2.15. The maximum absolute atomic E-state index is 12.0. The number of amides is 1. The third-order valence-electron chi connectivity index (χ3n) is 3.00. The van der Waals surface area contributed by atoms with Gasteiger partial charge in [0.25, 0.3) is 11.6 Å². The molecule has 2 rings (SSSR count). The Hall–Kier alpha value is -2.89. The van der Waals surface area contributed by atoms with E-state index in [0.29, 0.717) is 0 Å². The Morgan fingerprint density at radius 3 is 2.52 bits per heavy atom. The van der Waals surface area contributed by atoms with Crippen molar-refractivity contribution in [2.75, 3.05) is 0 Å². The molecule has 0 spiro atoms. The van der Waals surface area contributed by atoms with E-state index in [1.54, 1.807) is 0 Å². The minimum atomic E-state index is -0.653. The van der Waals surface area contributed by atoms with Gasteiger partial charge in [-0.1, -0.05) is 29.8 Å².